The minimum Gasteiger partial charge on any atom is -0.491 e. The molecule has 4 rings (SSSR count). The van der Waals surface area contributed by atoms with Crippen molar-refractivity contribution in [3.8, 4) is 16.9 Å². The molecule has 0 N–H and O–H groups in total. The van der Waals surface area contributed by atoms with Crippen LogP contribution in [0, 0.1) is 0 Å². The van der Waals surface area contributed by atoms with Gasteiger partial charge in [0.2, 0.25) is 0 Å². The first-order chi connectivity index (χ1) is 13.5. The van der Waals surface area contributed by atoms with Crippen LogP contribution in [-0.4, -0.2) is 30.8 Å². The van der Waals surface area contributed by atoms with Crippen LogP contribution in [-0.2, 0) is 13.5 Å². The largest absolute Gasteiger partial charge is 0.491 e. The molecule has 0 aliphatic carbocycles. The van der Waals surface area contributed by atoms with Crippen molar-refractivity contribution in [2.24, 2.45) is 7.05 Å². The Balaban J connectivity index is 1.71. The maximum Gasteiger partial charge on any atom is 0.155 e. The van der Waals surface area contributed by atoms with Gasteiger partial charge >= 0.3 is 0 Å². The Kier molecular flexibility index (Phi) is 4.96. The number of pyridine rings is 1. The lowest BCUT2D eigenvalue weighted by molar-refractivity contribution is 0.240. The average Bonchev–Trinajstić information content (AvgIpc) is 3.10. The van der Waals surface area contributed by atoms with Gasteiger partial charge in [-0.05, 0) is 31.5 Å². The van der Waals surface area contributed by atoms with E-state index in [1.807, 2.05) is 45.4 Å². The van der Waals surface area contributed by atoms with E-state index >= 15 is 0 Å². The number of halogens is 1. The molecule has 0 amide bonds. The standard InChI is InChI=1S/C21H20ClN5O/c1-13(2)28-18-8-14(17-11-25-27(3)12-17)4-5-15(18)9-19-24-10-16-6-7-23-21(22)20(16)26-19/h4-8,10-13H,9H2,1-3H3. The van der Waals surface area contributed by atoms with Crippen LogP contribution < -0.4 is 4.74 Å². The van der Waals surface area contributed by atoms with Crippen molar-refractivity contribution in [3.05, 3.63) is 65.6 Å². The van der Waals surface area contributed by atoms with Crippen molar-refractivity contribution in [1.82, 2.24) is 24.7 Å². The van der Waals surface area contributed by atoms with E-state index in [-0.39, 0.29) is 6.10 Å². The number of aryl methyl sites for hydroxylation is 1. The third kappa shape index (κ3) is 3.82. The Labute approximate surface area is 168 Å². The Hall–Kier alpha value is -2.99. The fourth-order valence-electron chi connectivity index (χ4n) is 3.03. The first-order valence-corrected chi connectivity index (χ1v) is 9.42. The van der Waals surface area contributed by atoms with Gasteiger partial charge in [0, 0.05) is 48.6 Å². The van der Waals surface area contributed by atoms with Crippen LogP contribution >= 0.6 is 11.6 Å². The van der Waals surface area contributed by atoms with E-state index in [9.17, 15) is 0 Å². The third-order valence-corrected chi connectivity index (χ3v) is 4.60. The molecular weight excluding hydrogens is 374 g/mol. The normalized spacial score (nSPS) is 11.3. The summed E-state index contributed by atoms with van der Waals surface area (Å²) in [5.74, 6) is 1.49. The second kappa shape index (κ2) is 7.56. The van der Waals surface area contributed by atoms with Crippen molar-refractivity contribution in [2.45, 2.75) is 26.4 Å². The summed E-state index contributed by atoms with van der Waals surface area (Å²) < 4.78 is 7.86. The zero-order valence-electron chi connectivity index (χ0n) is 15.9. The molecular formula is C21H20ClN5O. The van der Waals surface area contributed by atoms with Crippen LogP contribution in [0.4, 0.5) is 0 Å². The molecule has 0 radical (unpaired) electrons. The van der Waals surface area contributed by atoms with Gasteiger partial charge in [-0.1, -0.05) is 23.7 Å². The number of nitrogens with zero attached hydrogens (tertiary/aromatic N) is 5. The molecule has 0 aliphatic heterocycles. The summed E-state index contributed by atoms with van der Waals surface area (Å²) in [4.78, 5) is 13.2. The maximum atomic E-state index is 6.19. The van der Waals surface area contributed by atoms with E-state index in [2.05, 4.69) is 32.2 Å². The average molecular weight is 394 g/mol. The second-order valence-electron chi connectivity index (χ2n) is 6.89. The lowest BCUT2D eigenvalue weighted by Gasteiger charge is -2.15. The van der Waals surface area contributed by atoms with Crippen molar-refractivity contribution in [1.29, 1.82) is 0 Å². The van der Waals surface area contributed by atoms with Gasteiger partial charge in [0.1, 0.15) is 17.1 Å². The molecule has 7 heteroatoms. The number of rotatable bonds is 5. The van der Waals surface area contributed by atoms with Crippen LogP contribution in [0.15, 0.2) is 49.1 Å². The molecule has 0 saturated carbocycles. The van der Waals surface area contributed by atoms with E-state index in [1.165, 1.54) is 0 Å². The van der Waals surface area contributed by atoms with Crippen LogP contribution in [0.25, 0.3) is 22.0 Å². The summed E-state index contributed by atoms with van der Waals surface area (Å²) in [6.45, 7) is 4.02. The van der Waals surface area contributed by atoms with Crippen molar-refractivity contribution in [3.63, 3.8) is 0 Å². The molecule has 0 fully saturated rings. The summed E-state index contributed by atoms with van der Waals surface area (Å²) in [6, 6.07) is 8.01. The number of fused-ring (bicyclic) bond motifs is 1. The zero-order chi connectivity index (χ0) is 19.7. The van der Waals surface area contributed by atoms with Crippen molar-refractivity contribution in [2.75, 3.05) is 0 Å². The molecule has 0 atom stereocenters. The van der Waals surface area contributed by atoms with E-state index in [0.29, 0.717) is 22.9 Å². The van der Waals surface area contributed by atoms with Gasteiger partial charge in [-0.15, -0.1) is 0 Å². The SMILES string of the molecule is CC(C)Oc1cc(-c2cnn(C)c2)ccc1Cc1ncc2ccnc(Cl)c2n1. The fourth-order valence-corrected chi connectivity index (χ4v) is 3.24. The van der Waals surface area contributed by atoms with Crippen LogP contribution in [0.1, 0.15) is 25.2 Å². The molecule has 0 aliphatic rings. The first-order valence-electron chi connectivity index (χ1n) is 9.04. The predicted molar refractivity (Wildman–Crippen MR) is 110 cm³/mol. The van der Waals surface area contributed by atoms with Gasteiger partial charge in [0.15, 0.2) is 5.15 Å². The molecule has 1 aromatic carbocycles. The number of hydrogen-bond donors (Lipinski definition) is 0. The van der Waals surface area contributed by atoms with E-state index in [4.69, 9.17) is 16.3 Å². The summed E-state index contributed by atoms with van der Waals surface area (Å²) in [5.41, 5.74) is 3.77. The third-order valence-electron chi connectivity index (χ3n) is 4.32. The highest BCUT2D eigenvalue weighted by Crippen LogP contribution is 2.29. The molecule has 4 aromatic rings. The molecule has 28 heavy (non-hydrogen) atoms. The predicted octanol–water partition coefficient (Wildman–Crippen LogP) is 4.46. The number of hydrogen-bond acceptors (Lipinski definition) is 5. The van der Waals surface area contributed by atoms with Gasteiger partial charge in [0.05, 0.1) is 12.3 Å². The fraction of sp³-hybridized carbons (Fsp3) is 0.238. The lowest BCUT2D eigenvalue weighted by atomic mass is 10.0. The summed E-state index contributed by atoms with van der Waals surface area (Å²) in [7, 11) is 1.90. The topological polar surface area (TPSA) is 65.7 Å². The molecule has 142 valence electrons. The van der Waals surface area contributed by atoms with Crippen LogP contribution in [0.2, 0.25) is 5.15 Å². The van der Waals surface area contributed by atoms with Gasteiger partial charge < -0.3 is 4.74 Å². The molecule has 3 heterocycles. The van der Waals surface area contributed by atoms with Crippen LogP contribution in [0.5, 0.6) is 5.75 Å². The lowest BCUT2D eigenvalue weighted by Crippen LogP contribution is -2.08. The van der Waals surface area contributed by atoms with Crippen molar-refractivity contribution >= 4 is 22.5 Å². The van der Waals surface area contributed by atoms with E-state index in [0.717, 1.165) is 27.8 Å². The van der Waals surface area contributed by atoms with E-state index in [1.54, 1.807) is 17.1 Å². The monoisotopic (exact) mass is 393 g/mol. The highest BCUT2D eigenvalue weighted by atomic mass is 35.5. The Morgan fingerprint density at radius 2 is 1.96 bits per heavy atom. The quantitative estimate of drug-likeness (QED) is 0.468. The number of benzene rings is 1. The molecule has 0 spiro atoms. The summed E-state index contributed by atoms with van der Waals surface area (Å²) >= 11 is 6.19. The number of ether oxygens (including phenoxy) is 1. The Morgan fingerprint density at radius 3 is 2.71 bits per heavy atom. The van der Waals surface area contributed by atoms with Crippen LogP contribution in [0.3, 0.4) is 0 Å². The molecule has 6 nitrogen and oxygen atoms in total. The summed E-state index contributed by atoms with van der Waals surface area (Å²) in [5, 5.41) is 5.50. The van der Waals surface area contributed by atoms with Gasteiger partial charge in [0.25, 0.3) is 0 Å². The minimum atomic E-state index is 0.0547. The highest BCUT2D eigenvalue weighted by Gasteiger charge is 2.13. The highest BCUT2D eigenvalue weighted by molar-refractivity contribution is 6.33. The van der Waals surface area contributed by atoms with Crippen molar-refractivity contribution < 1.29 is 4.74 Å². The van der Waals surface area contributed by atoms with Gasteiger partial charge in [-0.2, -0.15) is 5.10 Å². The Morgan fingerprint density at radius 1 is 1.11 bits per heavy atom. The minimum absolute atomic E-state index is 0.0547. The molecule has 3 aromatic heterocycles. The molecule has 0 saturated heterocycles. The Bertz CT molecular complexity index is 1140. The second-order valence-corrected chi connectivity index (χ2v) is 7.25. The van der Waals surface area contributed by atoms with Gasteiger partial charge in [-0.3, -0.25) is 4.68 Å². The van der Waals surface area contributed by atoms with E-state index < -0.39 is 0 Å². The first kappa shape index (κ1) is 18.4. The van der Waals surface area contributed by atoms with Gasteiger partial charge in [-0.25, -0.2) is 15.0 Å². The smallest absolute Gasteiger partial charge is 0.155 e. The summed E-state index contributed by atoms with van der Waals surface area (Å²) in [6.07, 6.45) is 7.85. The molecule has 0 unspecified atom stereocenters. The molecule has 0 bridgehead atoms. The zero-order valence-corrected chi connectivity index (χ0v) is 16.7. The maximum absolute atomic E-state index is 6.19. The number of aromatic nitrogens is 5.